The molecule has 0 radical (unpaired) electrons. The molecule has 0 aliphatic carbocycles. The number of pyridine rings is 1. The lowest BCUT2D eigenvalue weighted by atomic mass is 9.95. The molecule has 0 atom stereocenters. The van der Waals surface area contributed by atoms with E-state index in [2.05, 4.69) is 182 Å². The van der Waals surface area contributed by atoms with E-state index < -0.39 is 0 Å². The van der Waals surface area contributed by atoms with Gasteiger partial charge in [-0.1, -0.05) is 170 Å². The van der Waals surface area contributed by atoms with E-state index in [0.29, 0.717) is 5.82 Å². The minimum atomic E-state index is 0.696. The predicted octanol–water partition coefficient (Wildman–Crippen LogP) is 15.8. The quantitative estimate of drug-likeness (QED) is 0.168. The maximum Gasteiger partial charge on any atom is 0.160 e. The van der Waals surface area contributed by atoms with E-state index in [1.165, 1.54) is 68.0 Å². The van der Waals surface area contributed by atoms with Crippen molar-refractivity contribution in [1.29, 1.82) is 0 Å². The largest absolute Gasteiger partial charge is 0.246 e. The number of hydrogen-bond donors (Lipinski definition) is 0. The first-order valence-electron chi connectivity index (χ1n) is 20.1. The van der Waals surface area contributed by atoms with E-state index in [1.807, 2.05) is 40.9 Å². The third-order valence-corrected chi connectivity index (χ3v) is 13.9. The second kappa shape index (κ2) is 14.2. The van der Waals surface area contributed by atoms with Gasteiger partial charge in [0, 0.05) is 63.3 Å². The Balaban J connectivity index is 0.985. The Hall–Kier alpha value is -7.31. The van der Waals surface area contributed by atoms with Gasteiger partial charge in [0.05, 0.1) is 27.3 Å². The highest BCUT2D eigenvalue weighted by Crippen LogP contribution is 2.46. The number of nitrogens with zero attached hydrogens (tertiary/aromatic N) is 3. The monoisotopic (exact) mass is 799 g/mol. The summed E-state index contributed by atoms with van der Waals surface area (Å²) < 4.78 is 5.06. The minimum Gasteiger partial charge on any atom is -0.246 e. The predicted molar refractivity (Wildman–Crippen MR) is 256 cm³/mol. The highest BCUT2D eigenvalue weighted by Gasteiger charge is 2.20. The van der Waals surface area contributed by atoms with E-state index in [0.717, 1.165) is 44.9 Å². The molecular formula is C55H33N3S2. The summed E-state index contributed by atoms with van der Waals surface area (Å²) in [6, 6.07) is 71.2. The van der Waals surface area contributed by atoms with Gasteiger partial charge in [-0.3, -0.25) is 0 Å². The fourth-order valence-electron chi connectivity index (χ4n) is 8.66. The summed E-state index contributed by atoms with van der Waals surface area (Å²) in [6.07, 6.45) is 0. The molecule has 0 aliphatic heterocycles. The molecule has 0 spiro atoms. The van der Waals surface area contributed by atoms with Crippen molar-refractivity contribution in [2.75, 3.05) is 0 Å². The molecule has 0 unspecified atom stereocenters. The Bertz CT molecular complexity index is 3590. The van der Waals surface area contributed by atoms with Gasteiger partial charge in [-0.2, -0.15) is 0 Å². The summed E-state index contributed by atoms with van der Waals surface area (Å²) in [5, 5.41) is 6.32. The molecule has 280 valence electrons. The topological polar surface area (TPSA) is 38.7 Å². The Morgan fingerprint density at radius 1 is 0.317 bits per heavy atom. The van der Waals surface area contributed by atoms with Gasteiger partial charge in [0.2, 0.25) is 0 Å². The van der Waals surface area contributed by atoms with Crippen molar-refractivity contribution >= 4 is 73.9 Å². The molecular weight excluding hydrogens is 767 g/mol. The van der Waals surface area contributed by atoms with Crippen molar-refractivity contribution in [3.63, 3.8) is 0 Å². The van der Waals surface area contributed by atoms with E-state index in [4.69, 9.17) is 15.0 Å². The van der Waals surface area contributed by atoms with Gasteiger partial charge in [0.25, 0.3) is 0 Å². The van der Waals surface area contributed by atoms with Crippen molar-refractivity contribution in [1.82, 2.24) is 15.0 Å². The van der Waals surface area contributed by atoms with Crippen LogP contribution in [0.25, 0.3) is 119 Å². The summed E-state index contributed by atoms with van der Waals surface area (Å²) in [5.41, 5.74) is 12.6. The number of thiophene rings is 2. The minimum absolute atomic E-state index is 0.696. The second-order valence-corrected chi connectivity index (χ2v) is 17.2. The molecule has 0 aliphatic rings. The second-order valence-electron chi connectivity index (χ2n) is 15.1. The highest BCUT2D eigenvalue weighted by atomic mass is 32.1. The highest BCUT2D eigenvalue weighted by molar-refractivity contribution is 7.26. The summed E-state index contributed by atoms with van der Waals surface area (Å²) in [7, 11) is 0. The first-order chi connectivity index (χ1) is 29.7. The third-order valence-electron chi connectivity index (χ3n) is 11.5. The van der Waals surface area contributed by atoms with Gasteiger partial charge in [-0.25, -0.2) is 15.0 Å². The van der Waals surface area contributed by atoms with Crippen LogP contribution in [0.4, 0.5) is 0 Å². The number of hydrogen-bond acceptors (Lipinski definition) is 5. The van der Waals surface area contributed by atoms with Crippen LogP contribution in [0.1, 0.15) is 0 Å². The Morgan fingerprint density at radius 2 is 0.883 bits per heavy atom. The molecule has 0 amide bonds. The fraction of sp³-hybridized carbons (Fsp3) is 0. The molecule has 0 saturated heterocycles. The van der Waals surface area contributed by atoms with Crippen molar-refractivity contribution in [3.05, 3.63) is 200 Å². The van der Waals surface area contributed by atoms with Crippen LogP contribution < -0.4 is 0 Å². The zero-order valence-electron chi connectivity index (χ0n) is 32.2. The summed E-state index contributed by atoms with van der Waals surface area (Å²) >= 11 is 3.68. The molecule has 12 aromatic rings. The van der Waals surface area contributed by atoms with Crippen LogP contribution in [-0.4, -0.2) is 15.0 Å². The van der Waals surface area contributed by atoms with Crippen molar-refractivity contribution in [3.8, 4) is 67.4 Å². The Kier molecular flexibility index (Phi) is 8.22. The maximum absolute atomic E-state index is 5.41. The van der Waals surface area contributed by atoms with Crippen LogP contribution in [0.5, 0.6) is 0 Å². The zero-order chi connectivity index (χ0) is 39.6. The van der Waals surface area contributed by atoms with Gasteiger partial charge in [0.15, 0.2) is 5.82 Å². The van der Waals surface area contributed by atoms with Crippen LogP contribution in [0.15, 0.2) is 200 Å². The van der Waals surface area contributed by atoms with Crippen molar-refractivity contribution in [2.24, 2.45) is 0 Å². The molecule has 3 nitrogen and oxygen atoms in total. The number of benzene rings is 8. The van der Waals surface area contributed by atoms with Crippen LogP contribution in [-0.2, 0) is 0 Å². The van der Waals surface area contributed by atoms with Crippen LogP contribution in [0.2, 0.25) is 0 Å². The molecule has 0 saturated carbocycles. The third kappa shape index (κ3) is 5.82. The van der Waals surface area contributed by atoms with Crippen LogP contribution in [0, 0.1) is 0 Å². The molecule has 4 aromatic heterocycles. The molecule has 0 N–H and O–H groups in total. The van der Waals surface area contributed by atoms with Crippen LogP contribution in [0.3, 0.4) is 0 Å². The summed E-state index contributed by atoms with van der Waals surface area (Å²) in [5.74, 6) is 0.696. The lowest BCUT2D eigenvalue weighted by Gasteiger charge is -2.13. The summed E-state index contributed by atoms with van der Waals surface area (Å²) in [6.45, 7) is 0. The van der Waals surface area contributed by atoms with Gasteiger partial charge in [-0.15, -0.1) is 22.7 Å². The number of fused-ring (bicyclic) bond motifs is 8. The average molecular weight is 800 g/mol. The Morgan fingerprint density at radius 3 is 1.68 bits per heavy atom. The van der Waals surface area contributed by atoms with Gasteiger partial charge < -0.3 is 0 Å². The molecule has 4 heterocycles. The first kappa shape index (κ1) is 34.7. The molecule has 0 fully saturated rings. The molecule has 5 heteroatoms. The molecule has 0 bridgehead atoms. The van der Waals surface area contributed by atoms with Crippen molar-refractivity contribution < 1.29 is 0 Å². The van der Waals surface area contributed by atoms with E-state index in [1.54, 1.807) is 0 Å². The smallest absolute Gasteiger partial charge is 0.160 e. The lowest BCUT2D eigenvalue weighted by molar-refractivity contribution is 1.18. The molecule has 12 rings (SSSR count). The van der Waals surface area contributed by atoms with E-state index in [9.17, 15) is 0 Å². The van der Waals surface area contributed by atoms with E-state index >= 15 is 0 Å². The molecule has 8 aromatic carbocycles. The van der Waals surface area contributed by atoms with Crippen LogP contribution >= 0.6 is 22.7 Å². The average Bonchev–Trinajstić information content (AvgIpc) is 3.91. The summed E-state index contributed by atoms with van der Waals surface area (Å²) in [4.78, 5) is 15.8. The number of aromatic nitrogens is 3. The van der Waals surface area contributed by atoms with Crippen molar-refractivity contribution in [2.45, 2.75) is 0 Å². The van der Waals surface area contributed by atoms with Gasteiger partial charge in [0.1, 0.15) is 0 Å². The Labute approximate surface area is 354 Å². The normalized spacial score (nSPS) is 11.7. The number of rotatable bonds is 6. The first-order valence-corrected chi connectivity index (χ1v) is 21.7. The zero-order valence-corrected chi connectivity index (χ0v) is 33.8. The fourth-order valence-corrected chi connectivity index (χ4v) is 11.1. The standard InChI is InChI=1S/C55H33N3S2/c1-3-14-34(15-4-1)40-22-13-25-45-50(40)51-44-21-8-10-27-49(44)60-54(51)52(56-45)36-30-28-35(29-31-36)46-33-47(58-55(57-46)37-16-5-2-6-17-37)39-19-11-18-38(32-39)41-23-12-24-43-42-20-7-9-26-48(42)59-53(41)43/h1-33H. The van der Waals surface area contributed by atoms with Gasteiger partial charge in [-0.05, 0) is 52.6 Å². The van der Waals surface area contributed by atoms with Gasteiger partial charge >= 0.3 is 0 Å². The van der Waals surface area contributed by atoms with E-state index in [-0.39, 0.29) is 0 Å². The SMILES string of the molecule is c1ccc(-c2nc(-c3ccc(-c4nc5cccc(-c6ccccc6)c5c5c4sc4ccccc45)cc3)cc(-c3cccc(-c4cccc5c4sc4ccccc45)c3)n2)cc1. The maximum atomic E-state index is 5.41. The molecule has 60 heavy (non-hydrogen) atoms. The lowest BCUT2D eigenvalue weighted by Crippen LogP contribution is -1.96.